The van der Waals surface area contributed by atoms with Crippen molar-refractivity contribution in [1.29, 1.82) is 0 Å². The maximum Gasteiger partial charge on any atom is 0.0368 e. The van der Waals surface area contributed by atoms with Crippen LogP contribution in [0.25, 0.3) is 0 Å². The third-order valence-corrected chi connectivity index (χ3v) is 4.47. The van der Waals surface area contributed by atoms with E-state index in [-0.39, 0.29) is 5.41 Å². The lowest BCUT2D eigenvalue weighted by Gasteiger charge is -2.30. The smallest absolute Gasteiger partial charge is 0.0368 e. The lowest BCUT2D eigenvalue weighted by atomic mass is 9.87. The Morgan fingerprint density at radius 2 is 1.76 bits per heavy atom. The van der Waals surface area contributed by atoms with Crippen LogP contribution >= 0.6 is 0 Å². The summed E-state index contributed by atoms with van der Waals surface area (Å²) in [5.74, 6) is 0.974. The molecule has 2 atom stereocenters. The van der Waals surface area contributed by atoms with Crippen LogP contribution in [0.15, 0.2) is 24.3 Å². The lowest BCUT2D eigenvalue weighted by molar-refractivity contribution is 0.553. The van der Waals surface area contributed by atoms with Crippen molar-refractivity contribution in [3.63, 3.8) is 0 Å². The number of nitrogens with zero attached hydrogens (tertiary/aromatic N) is 1. The van der Waals surface area contributed by atoms with Gasteiger partial charge in [0.25, 0.3) is 0 Å². The molecule has 17 heavy (non-hydrogen) atoms. The van der Waals surface area contributed by atoms with Gasteiger partial charge >= 0.3 is 0 Å². The fourth-order valence-corrected chi connectivity index (χ4v) is 3.39. The van der Waals surface area contributed by atoms with Crippen LogP contribution < -0.4 is 4.90 Å². The predicted molar refractivity (Wildman–Crippen MR) is 73.6 cm³/mol. The van der Waals surface area contributed by atoms with Gasteiger partial charge in [0, 0.05) is 18.3 Å². The number of hydrogen-bond donors (Lipinski definition) is 0. The summed E-state index contributed by atoms with van der Waals surface area (Å²) in [4.78, 5) is 2.63. The molecule has 1 aliphatic heterocycles. The molecule has 1 aliphatic carbocycles. The van der Waals surface area contributed by atoms with Gasteiger partial charge in [-0.3, -0.25) is 0 Å². The van der Waals surface area contributed by atoms with Gasteiger partial charge in [0.15, 0.2) is 0 Å². The minimum Gasteiger partial charge on any atom is -0.368 e. The number of anilines is 1. The Hall–Kier alpha value is -0.980. The van der Waals surface area contributed by atoms with E-state index in [1.165, 1.54) is 37.1 Å². The summed E-state index contributed by atoms with van der Waals surface area (Å²) in [6.07, 6.45) is 4.30. The van der Waals surface area contributed by atoms with Gasteiger partial charge < -0.3 is 4.90 Å². The molecule has 1 aromatic carbocycles. The molecule has 2 unspecified atom stereocenters. The summed E-state index contributed by atoms with van der Waals surface area (Å²) < 4.78 is 0. The fraction of sp³-hybridized carbons (Fsp3) is 0.625. The molecule has 1 heteroatoms. The lowest BCUT2D eigenvalue weighted by Crippen LogP contribution is -2.31. The molecule has 3 rings (SSSR count). The molecular weight excluding hydrogens is 206 g/mol. The van der Waals surface area contributed by atoms with Gasteiger partial charge in [-0.2, -0.15) is 0 Å². The van der Waals surface area contributed by atoms with Gasteiger partial charge in [-0.05, 0) is 48.3 Å². The third kappa shape index (κ3) is 1.96. The highest BCUT2D eigenvalue weighted by molar-refractivity contribution is 5.51. The van der Waals surface area contributed by atoms with Crippen molar-refractivity contribution in [2.45, 2.75) is 51.5 Å². The quantitative estimate of drug-likeness (QED) is 0.704. The van der Waals surface area contributed by atoms with Gasteiger partial charge in [0.1, 0.15) is 0 Å². The van der Waals surface area contributed by atoms with Crippen molar-refractivity contribution < 1.29 is 0 Å². The Labute approximate surface area is 105 Å². The van der Waals surface area contributed by atoms with Crippen molar-refractivity contribution in [3.8, 4) is 0 Å². The molecule has 1 saturated heterocycles. The highest BCUT2D eigenvalue weighted by Crippen LogP contribution is 2.40. The van der Waals surface area contributed by atoms with E-state index in [9.17, 15) is 0 Å². The standard InChI is InChI=1S/C16H23N/c1-16(2,3)13-5-8-14(9-6-13)17-11-12-4-7-15(17)10-12/h5-6,8-9,12,15H,4,7,10-11H2,1-3H3. The van der Waals surface area contributed by atoms with Gasteiger partial charge in [-0.15, -0.1) is 0 Å². The topological polar surface area (TPSA) is 3.24 Å². The van der Waals surface area contributed by atoms with E-state index >= 15 is 0 Å². The first-order chi connectivity index (χ1) is 8.04. The van der Waals surface area contributed by atoms with Gasteiger partial charge in [-0.1, -0.05) is 32.9 Å². The van der Waals surface area contributed by atoms with E-state index in [1.807, 2.05) is 0 Å². The summed E-state index contributed by atoms with van der Waals surface area (Å²) >= 11 is 0. The average molecular weight is 229 g/mol. The number of benzene rings is 1. The predicted octanol–water partition coefficient (Wildman–Crippen LogP) is 3.97. The molecule has 0 spiro atoms. The molecular formula is C16H23N. The molecule has 0 amide bonds. The van der Waals surface area contributed by atoms with Crippen molar-refractivity contribution in [1.82, 2.24) is 0 Å². The minimum atomic E-state index is 0.266. The third-order valence-electron chi connectivity index (χ3n) is 4.47. The number of rotatable bonds is 1. The second kappa shape index (κ2) is 3.76. The second-order valence-electron chi connectivity index (χ2n) is 6.78. The van der Waals surface area contributed by atoms with Crippen molar-refractivity contribution in [2.75, 3.05) is 11.4 Å². The van der Waals surface area contributed by atoms with Crippen molar-refractivity contribution >= 4 is 5.69 Å². The van der Waals surface area contributed by atoms with Crippen LogP contribution in [0.3, 0.4) is 0 Å². The Kier molecular flexibility index (Phi) is 2.46. The summed E-state index contributed by atoms with van der Waals surface area (Å²) in [6.45, 7) is 8.12. The molecule has 0 radical (unpaired) electrons. The van der Waals surface area contributed by atoms with Crippen LogP contribution in [0, 0.1) is 5.92 Å². The average Bonchev–Trinajstić information content (AvgIpc) is 2.89. The summed E-state index contributed by atoms with van der Waals surface area (Å²) in [7, 11) is 0. The molecule has 0 N–H and O–H groups in total. The first kappa shape index (κ1) is 11.1. The zero-order valence-electron chi connectivity index (χ0n) is 11.2. The molecule has 1 nitrogen and oxygen atoms in total. The zero-order chi connectivity index (χ0) is 12.0. The maximum absolute atomic E-state index is 2.63. The maximum atomic E-state index is 2.63. The van der Waals surface area contributed by atoms with E-state index in [0.29, 0.717) is 0 Å². The molecule has 2 aliphatic rings. The van der Waals surface area contributed by atoms with Crippen molar-refractivity contribution in [3.05, 3.63) is 29.8 Å². The Bertz CT molecular complexity index is 399. The Morgan fingerprint density at radius 1 is 1.06 bits per heavy atom. The molecule has 2 bridgehead atoms. The monoisotopic (exact) mass is 229 g/mol. The van der Waals surface area contributed by atoms with Crippen LogP contribution in [0.2, 0.25) is 0 Å². The zero-order valence-corrected chi connectivity index (χ0v) is 11.2. The van der Waals surface area contributed by atoms with E-state index in [1.54, 1.807) is 0 Å². The van der Waals surface area contributed by atoms with Crippen LogP contribution in [0.5, 0.6) is 0 Å². The van der Waals surface area contributed by atoms with Gasteiger partial charge in [0.2, 0.25) is 0 Å². The molecule has 1 aromatic rings. The molecule has 2 fully saturated rings. The van der Waals surface area contributed by atoms with Crippen LogP contribution in [0.4, 0.5) is 5.69 Å². The van der Waals surface area contributed by atoms with Gasteiger partial charge in [-0.25, -0.2) is 0 Å². The summed E-state index contributed by atoms with van der Waals surface area (Å²) in [6, 6.07) is 10.1. The van der Waals surface area contributed by atoms with E-state index in [0.717, 1.165) is 12.0 Å². The van der Waals surface area contributed by atoms with Crippen LogP contribution in [-0.4, -0.2) is 12.6 Å². The fourth-order valence-electron chi connectivity index (χ4n) is 3.39. The highest BCUT2D eigenvalue weighted by atomic mass is 15.2. The van der Waals surface area contributed by atoms with Crippen molar-refractivity contribution in [2.24, 2.45) is 5.92 Å². The second-order valence-corrected chi connectivity index (χ2v) is 6.78. The Balaban J connectivity index is 1.81. The molecule has 0 aromatic heterocycles. The van der Waals surface area contributed by atoms with E-state index in [4.69, 9.17) is 0 Å². The Morgan fingerprint density at radius 3 is 2.24 bits per heavy atom. The van der Waals surface area contributed by atoms with Crippen LogP contribution in [0.1, 0.15) is 45.6 Å². The number of fused-ring (bicyclic) bond motifs is 2. The normalized spacial score (nSPS) is 27.8. The van der Waals surface area contributed by atoms with Crippen LogP contribution in [-0.2, 0) is 5.41 Å². The number of hydrogen-bond acceptors (Lipinski definition) is 1. The molecule has 1 saturated carbocycles. The molecule has 92 valence electrons. The largest absolute Gasteiger partial charge is 0.368 e. The summed E-state index contributed by atoms with van der Waals surface area (Å²) in [5.41, 5.74) is 3.14. The highest BCUT2D eigenvalue weighted by Gasteiger charge is 2.37. The SMILES string of the molecule is CC(C)(C)c1ccc(N2CC3CCC2C3)cc1. The first-order valence-electron chi connectivity index (χ1n) is 6.91. The molecule has 1 heterocycles. The minimum absolute atomic E-state index is 0.266. The van der Waals surface area contributed by atoms with E-state index < -0.39 is 0 Å². The first-order valence-corrected chi connectivity index (χ1v) is 6.91. The summed E-state index contributed by atoms with van der Waals surface area (Å²) in [5, 5.41) is 0. The van der Waals surface area contributed by atoms with Gasteiger partial charge in [0.05, 0.1) is 0 Å². The van der Waals surface area contributed by atoms with E-state index in [2.05, 4.69) is 49.9 Å². The number of piperidine rings is 1.